The Hall–Kier alpha value is -4.52. The predicted octanol–water partition coefficient (Wildman–Crippen LogP) is 1.36. The molecule has 1 aromatic carbocycles. The van der Waals surface area contributed by atoms with Gasteiger partial charge in [0, 0.05) is 63.8 Å². The van der Waals surface area contributed by atoms with Gasteiger partial charge in [-0.15, -0.1) is 0 Å². The molecule has 0 bridgehead atoms. The van der Waals surface area contributed by atoms with Crippen molar-refractivity contribution < 1.29 is 14.7 Å². The number of carbonyl (C=O) groups excluding carboxylic acids is 2. The van der Waals surface area contributed by atoms with Crippen LogP contribution in [0.5, 0.6) is 0 Å². The number of allylic oxidation sites excluding steroid dienone is 1. The number of piperidine rings is 1. The lowest BCUT2D eigenvalue weighted by Crippen LogP contribution is -2.51. The lowest BCUT2D eigenvalue weighted by Gasteiger charge is -2.39. The molecular formula is C29H35N9O4. The number of carbonyl (C=O) groups is 2. The van der Waals surface area contributed by atoms with Gasteiger partial charge in [-0.1, -0.05) is 12.1 Å². The number of likely N-dealkylation sites (tertiary alicyclic amines) is 2. The monoisotopic (exact) mass is 573 g/mol. The molecule has 3 amide bonds. The first-order chi connectivity index (χ1) is 20.2. The van der Waals surface area contributed by atoms with Crippen LogP contribution in [0.4, 0.5) is 4.79 Å². The molecule has 2 aromatic heterocycles. The van der Waals surface area contributed by atoms with Crippen LogP contribution in [0.3, 0.4) is 0 Å². The highest BCUT2D eigenvalue weighted by atomic mass is 16.3. The molecular weight excluding hydrogens is 538 g/mol. The maximum absolute atomic E-state index is 13.4. The number of urea groups is 1. The molecule has 42 heavy (non-hydrogen) atoms. The molecule has 0 saturated carbocycles. The number of aromatic nitrogens is 4. The molecule has 1 N–H and O–H groups in total. The summed E-state index contributed by atoms with van der Waals surface area (Å²) in [6, 6.07) is 7.42. The molecule has 5 heterocycles. The third kappa shape index (κ3) is 5.27. The minimum Gasteiger partial charge on any atom is -0.388 e. The Kier molecular flexibility index (Phi) is 7.27. The number of aliphatic hydroxyl groups is 1. The Morgan fingerprint density at radius 2 is 1.74 bits per heavy atom. The van der Waals surface area contributed by atoms with Crippen molar-refractivity contribution in [2.24, 2.45) is 4.99 Å². The van der Waals surface area contributed by atoms with E-state index in [0.29, 0.717) is 49.2 Å². The molecule has 3 aliphatic heterocycles. The first kappa shape index (κ1) is 27.6. The molecule has 3 aliphatic rings. The van der Waals surface area contributed by atoms with Crippen molar-refractivity contribution in [3.63, 3.8) is 0 Å². The van der Waals surface area contributed by atoms with E-state index < -0.39 is 5.60 Å². The molecule has 0 aliphatic carbocycles. The Bertz CT molecular complexity index is 1610. The number of benzene rings is 1. The van der Waals surface area contributed by atoms with Crippen LogP contribution in [0.2, 0.25) is 0 Å². The summed E-state index contributed by atoms with van der Waals surface area (Å²) in [6.45, 7) is 2.82. The Balaban J connectivity index is 1.18. The Morgan fingerprint density at radius 3 is 2.43 bits per heavy atom. The van der Waals surface area contributed by atoms with Crippen molar-refractivity contribution in [1.82, 2.24) is 34.1 Å². The third-order valence-electron chi connectivity index (χ3n) is 8.20. The summed E-state index contributed by atoms with van der Waals surface area (Å²) in [4.78, 5) is 54.0. The highest BCUT2D eigenvalue weighted by Crippen LogP contribution is 2.25. The number of nitrogens with zero attached hydrogens (tertiary/aromatic N) is 9. The molecule has 220 valence electrons. The van der Waals surface area contributed by atoms with E-state index in [4.69, 9.17) is 0 Å². The van der Waals surface area contributed by atoms with Gasteiger partial charge in [0.25, 0.3) is 11.5 Å². The van der Waals surface area contributed by atoms with Gasteiger partial charge in [0.05, 0.1) is 18.3 Å². The van der Waals surface area contributed by atoms with Gasteiger partial charge in [-0.2, -0.15) is 9.89 Å². The van der Waals surface area contributed by atoms with E-state index in [-0.39, 0.29) is 24.0 Å². The van der Waals surface area contributed by atoms with E-state index in [1.54, 1.807) is 35.0 Å². The van der Waals surface area contributed by atoms with Crippen molar-refractivity contribution in [2.45, 2.75) is 37.8 Å². The van der Waals surface area contributed by atoms with Crippen molar-refractivity contribution in [2.75, 3.05) is 52.0 Å². The molecule has 0 unspecified atom stereocenters. The fraction of sp³-hybridized carbons (Fsp3) is 0.448. The topological polar surface area (TPSA) is 132 Å². The van der Waals surface area contributed by atoms with Crippen LogP contribution >= 0.6 is 0 Å². The molecule has 13 heteroatoms. The number of amides is 3. The van der Waals surface area contributed by atoms with E-state index in [2.05, 4.69) is 15.1 Å². The molecule has 2 saturated heterocycles. The van der Waals surface area contributed by atoms with Gasteiger partial charge in [0.15, 0.2) is 5.65 Å². The summed E-state index contributed by atoms with van der Waals surface area (Å²) in [7, 11) is 3.40. The number of rotatable bonds is 5. The van der Waals surface area contributed by atoms with Crippen LogP contribution in [0.25, 0.3) is 16.6 Å². The Labute approximate surface area is 242 Å². The summed E-state index contributed by atoms with van der Waals surface area (Å²) < 4.78 is 1.42. The zero-order valence-electron chi connectivity index (χ0n) is 23.9. The number of aliphatic imine (C=N–C) groups is 1. The lowest BCUT2D eigenvalue weighted by molar-refractivity contribution is -0.0282. The molecule has 6 rings (SSSR count). The zero-order chi connectivity index (χ0) is 29.4. The van der Waals surface area contributed by atoms with Crippen LogP contribution in [0.1, 0.15) is 41.6 Å². The molecule has 3 aromatic rings. The zero-order valence-corrected chi connectivity index (χ0v) is 23.9. The summed E-state index contributed by atoms with van der Waals surface area (Å²) in [6.07, 6.45) is 9.41. The normalized spacial score (nSPS) is 18.5. The fourth-order valence-corrected chi connectivity index (χ4v) is 5.74. The average molecular weight is 574 g/mol. The second kappa shape index (κ2) is 11.0. The standard InChI is InChI=1S/C29H35N9O4/c1-33(2)28(41)35-13-9-29(42,10-14-35)18-36-20-31-25-24(27(36)40)16-32-38(25)37-17-23(15-30-19-37)21-5-7-22(8-6-21)26(39)34-11-3-4-12-34/h5-8,15-17,20,42H,3-4,9-14,18-19H2,1-2H3. The van der Waals surface area contributed by atoms with Crippen LogP contribution in [0, 0.1) is 0 Å². The van der Waals surface area contributed by atoms with Gasteiger partial charge in [0.2, 0.25) is 0 Å². The first-order valence-electron chi connectivity index (χ1n) is 14.2. The number of hydrogen-bond donors (Lipinski definition) is 1. The average Bonchev–Trinajstić information content (AvgIpc) is 3.70. The number of hydrogen-bond acceptors (Lipinski definition) is 8. The Morgan fingerprint density at radius 1 is 1.02 bits per heavy atom. The molecule has 0 atom stereocenters. The van der Waals surface area contributed by atoms with Crippen molar-refractivity contribution in [1.29, 1.82) is 0 Å². The van der Waals surface area contributed by atoms with Gasteiger partial charge in [0.1, 0.15) is 18.4 Å². The number of fused-ring (bicyclic) bond motifs is 1. The van der Waals surface area contributed by atoms with Crippen LogP contribution < -0.4 is 10.6 Å². The van der Waals surface area contributed by atoms with E-state index in [0.717, 1.165) is 37.1 Å². The quantitative estimate of drug-likeness (QED) is 0.487. The van der Waals surface area contributed by atoms with E-state index >= 15 is 0 Å². The van der Waals surface area contributed by atoms with Gasteiger partial charge >= 0.3 is 6.03 Å². The van der Waals surface area contributed by atoms with Gasteiger partial charge in [-0.3, -0.25) is 19.1 Å². The maximum Gasteiger partial charge on any atom is 0.319 e. The summed E-state index contributed by atoms with van der Waals surface area (Å²) in [5.74, 6) is 0.0590. The largest absolute Gasteiger partial charge is 0.388 e. The van der Waals surface area contributed by atoms with Crippen LogP contribution in [-0.4, -0.2) is 110 Å². The van der Waals surface area contributed by atoms with E-state index in [1.807, 2.05) is 35.4 Å². The maximum atomic E-state index is 13.4. The molecule has 0 spiro atoms. The van der Waals surface area contributed by atoms with Gasteiger partial charge < -0.3 is 19.8 Å². The van der Waals surface area contributed by atoms with E-state index in [9.17, 15) is 19.5 Å². The molecule has 13 nitrogen and oxygen atoms in total. The van der Waals surface area contributed by atoms with Gasteiger partial charge in [-0.25, -0.2) is 14.8 Å². The van der Waals surface area contributed by atoms with Crippen molar-refractivity contribution >= 4 is 34.8 Å². The summed E-state index contributed by atoms with van der Waals surface area (Å²) >= 11 is 0. The minimum atomic E-state index is -1.12. The first-order valence-corrected chi connectivity index (χ1v) is 14.2. The van der Waals surface area contributed by atoms with Crippen LogP contribution in [-0.2, 0) is 6.54 Å². The smallest absolute Gasteiger partial charge is 0.319 e. The van der Waals surface area contributed by atoms with Gasteiger partial charge in [-0.05, 0) is 43.4 Å². The highest BCUT2D eigenvalue weighted by Gasteiger charge is 2.35. The minimum absolute atomic E-state index is 0.0590. The van der Waals surface area contributed by atoms with Crippen molar-refractivity contribution in [3.05, 3.63) is 64.5 Å². The molecule has 2 fully saturated rings. The third-order valence-corrected chi connectivity index (χ3v) is 8.20. The highest BCUT2D eigenvalue weighted by molar-refractivity contribution is 6.11. The predicted molar refractivity (Wildman–Crippen MR) is 158 cm³/mol. The second-order valence-corrected chi connectivity index (χ2v) is 11.4. The fourth-order valence-electron chi connectivity index (χ4n) is 5.74. The van der Waals surface area contributed by atoms with E-state index in [1.165, 1.54) is 22.0 Å². The molecule has 0 radical (unpaired) electrons. The lowest BCUT2D eigenvalue weighted by atomic mass is 9.91. The summed E-state index contributed by atoms with van der Waals surface area (Å²) in [5.41, 5.74) is 1.37. The van der Waals surface area contributed by atoms with Crippen molar-refractivity contribution in [3.8, 4) is 0 Å². The van der Waals surface area contributed by atoms with Crippen LogP contribution in [0.15, 0.2) is 52.8 Å². The second-order valence-electron chi connectivity index (χ2n) is 11.4. The SMILES string of the molecule is CN(C)C(=O)N1CCC(O)(Cn2cnc3c(cnn3N3C=C(c4ccc(C(=O)N5CCCC5)cc4)C=NC3)c2=O)CC1. The summed E-state index contributed by atoms with van der Waals surface area (Å²) in [5, 5.41) is 17.7.